The van der Waals surface area contributed by atoms with Crippen molar-refractivity contribution in [2.24, 2.45) is 4.99 Å². The number of aromatic amines is 1. The highest BCUT2D eigenvalue weighted by molar-refractivity contribution is 6.12. The van der Waals surface area contributed by atoms with Crippen LogP contribution in [0.4, 0.5) is 0 Å². The Bertz CT molecular complexity index is 919. The number of benzene rings is 1. The maximum absolute atomic E-state index is 5.67. The minimum absolute atomic E-state index is 0.568. The van der Waals surface area contributed by atoms with E-state index < -0.39 is 0 Å². The number of ether oxygens (including phenoxy) is 3. The van der Waals surface area contributed by atoms with Gasteiger partial charge in [-0.15, -0.1) is 0 Å². The number of aryl methyl sites for hydroxylation is 2. The predicted octanol–water partition coefficient (Wildman–Crippen LogP) is 3.78. The van der Waals surface area contributed by atoms with E-state index in [2.05, 4.69) is 18.0 Å². The minimum atomic E-state index is 0.568. The van der Waals surface area contributed by atoms with Crippen LogP contribution in [0.3, 0.4) is 0 Å². The van der Waals surface area contributed by atoms with Gasteiger partial charge in [-0.25, -0.2) is 4.99 Å². The molecule has 0 saturated heterocycles. The number of rotatable bonds is 3. The molecule has 2 aliphatic heterocycles. The Labute approximate surface area is 146 Å². The molecule has 0 bridgehead atoms. The van der Waals surface area contributed by atoms with Crippen molar-refractivity contribution in [1.29, 1.82) is 0 Å². The van der Waals surface area contributed by atoms with Crippen LogP contribution in [0.15, 0.2) is 46.8 Å². The van der Waals surface area contributed by atoms with E-state index in [1.54, 1.807) is 7.11 Å². The molecule has 25 heavy (non-hydrogen) atoms. The van der Waals surface area contributed by atoms with E-state index in [1.165, 1.54) is 5.56 Å². The summed E-state index contributed by atoms with van der Waals surface area (Å²) in [6, 6.07) is 7.99. The molecule has 0 unspecified atom stereocenters. The van der Waals surface area contributed by atoms with Crippen LogP contribution in [0.2, 0.25) is 0 Å². The Morgan fingerprint density at radius 1 is 1.12 bits per heavy atom. The Kier molecular flexibility index (Phi) is 3.84. The number of methoxy groups -OCH3 is 1. The van der Waals surface area contributed by atoms with E-state index in [0.29, 0.717) is 13.2 Å². The summed E-state index contributed by atoms with van der Waals surface area (Å²) in [5.74, 6) is 2.28. The molecular weight excluding hydrogens is 316 g/mol. The van der Waals surface area contributed by atoms with Crippen molar-refractivity contribution in [3.05, 3.63) is 64.3 Å². The average Bonchev–Trinajstić information content (AvgIpc) is 3.17. The van der Waals surface area contributed by atoms with Crippen LogP contribution < -0.4 is 9.47 Å². The van der Waals surface area contributed by atoms with E-state index in [-0.39, 0.29) is 0 Å². The second kappa shape index (κ2) is 6.16. The van der Waals surface area contributed by atoms with E-state index in [0.717, 1.165) is 45.6 Å². The van der Waals surface area contributed by atoms with Crippen molar-refractivity contribution in [2.45, 2.75) is 13.8 Å². The Morgan fingerprint density at radius 2 is 1.92 bits per heavy atom. The molecule has 0 amide bonds. The average molecular weight is 336 g/mol. The highest BCUT2D eigenvalue weighted by Gasteiger charge is 2.19. The number of aliphatic imine (C=N–C) groups is 1. The summed E-state index contributed by atoms with van der Waals surface area (Å²) in [7, 11) is 1.66. The van der Waals surface area contributed by atoms with Gasteiger partial charge >= 0.3 is 0 Å². The van der Waals surface area contributed by atoms with Crippen LogP contribution in [0.25, 0.3) is 6.08 Å². The smallest absolute Gasteiger partial charge is 0.162 e. The Balaban J connectivity index is 1.71. The highest BCUT2D eigenvalue weighted by atomic mass is 16.6. The summed E-state index contributed by atoms with van der Waals surface area (Å²) in [6.45, 7) is 5.27. The van der Waals surface area contributed by atoms with Crippen molar-refractivity contribution >= 4 is 11.8 Å². The second-order valence-electron chi connectivity index (χ2n) is 6.15. The summed E-state index contributed by atoms with van der Waals surface area (Å²) in [6.07, 6.45) is 3.96. The van der Waals surface area contributed by atoms with Crippen molar-refractivity contribution in [1.82, 2.24) is 4.98 Å². The van der Waals surface area contributed by atoms with Crippen molar-refractivity contribution in [2.75, 3.05) is 20.3 Å². The number of allylic oxidation sites excluding steroid dienone is 1. The van der Waals surface area contributed by atoms with Gasteiger partial charge in [0.15, 0.2) is 11.5 Å². The molecule has 2 aliphatic rings. The number of hydrogen-bond donors (Lipinski definition) is 1. The lowest BCUT2D eigenvalue weighted by Crippen LogP contribution is -2.15. The third-order valence-corrected chi connectivity index (χ3v) is 4.29. The minimum Gasteiger partial charge on any atom is -0.494 e. The quantitative estimate of drug-likeness (QED) is 0.928. The molecule has 1 aromatic heterocycles. The summed E-state index contributed by atoms with van der Waals surface area (Å²) in [5.41, 5.74) is 5.98. The van der Waals surface area contributed by atoms with Gasteiger partial charge in [0.05, 0.1) is 12.8 Å². The van der Waals surface area contributed by atoms with Gasteiger partial charge in [0, 0.05) is 23.0 Å². The lowest BCUT2D eigenvalue weighted by Gasteiger charge is -2.18. The standard InChI is InChI=1S/C20H20N2O3/c1-12-8-13(2)21-15(12)10-17-19(23-3)11-16(22-17)14-4-5-18-20(9-14)25-7-6-24-18/h4-5,8-11,21H,6-7H2,1-3H3. The van der Waals surface area contributed by atoms with Gasteiger partial charge < -0.3 is 19.2 Å². The molecule has 128 valence electrons. The topological polar surface area (TPSA) is 55.8 Å². The summed E-state index contributed by atoms with van der Waals surface area (Å²) in [4.78, 5) is 8.10. The molecule has 1 N–H and O–H groups in total. The fraction of sp³-hybridized carbons (Fsp3) is 0.250. The lowest BCUT2D eigenvalue weighted by molar-refractivity contribution is 0.171. The third kappa shape index (κ3) is 2.93. The van der Waals surface area contributed by atoms with Crippen LogP contribution in [0, 0.1) is 13.8 Å². The Morgan fingerprint density at radius 3 is 2.64 bits per heavy atom. The van der Waals surface area contributed by atoms with Gasteiger partial charge in [0.1, 0.15) is 24.7 Å². The maximum Gasteiger partial charge on any atom is 0.162 e. The van der Waals surface area contributed by atoms with Crippen molar-refractivity contribution in [3.63, 3.8) is 0 Å². The molecule has 0 spiro atoms. The molecule has 0 saturated carbocycles. The molecule has 0 radical (unpaired) electrons. The van der Waals surface area contributed by atoms with Gasteiger partial charge in [-0.05, 0) is 49.8 Å². The molecule has 5 heteroatoms. The summed E-state index contributed by atoms with van der Waals surface area (Å²) in [5, 5.41) is 0. The highest BCUT2D eigenvalue weighted by Crippen LogP contribution is 2.33. The fourth-order valence-electron chi connectivity index (χ4n) is 3.07. The van der Waals surface area contributed by atoms with E-state index in [1.807, 2.05) is 37.3 Å². The summed E-state index contributed by atoms with van der Waals surface area (Å²) >= 11 is 0. The van der Waals surface area contributed by atoms with E-state index in [4.69, 9.17) is 19.2 Å². The molecule has 0 fully saturated rings. The zero-order valence-electron chi connectivity index (χ0n) is 14.6. The number of nitrogens with zero attached hydrogens (tertiary/aromatic N) is 1. The number of nitrogens with one attached hydrogen (secondary N) is 1. The van der Waals surface area contributed by atoms with Gasteiger partial charge in [-0.3, -0.25) is 0 Å². The van der Waals surface area contributed by atoms with Crippen molar-refractivity contribution < 1.29 is 14.2 Å². The molecule has 4 rings (SSSR count). The molecule has 5 nitrogen and oxygen atoms in total. The number of hydrogen-bond acceptors (Lipinski definition) is 4. The van der Waals surface area contributed by atoms with E-state index in [9.17, 15) is 0 Å². The van der Waals surface area contributed by atoms with Crippen molar-refractivity contribution in [3.8, 4) is 11.5 Å². The number of fused-ring (bicyclic) bond motifs is 1. The monoisotopic (exact) mass is 336 g/mol. The normalized spacial score (nSPS) is 17.5. The summed E-state index contributed by atoms with van der Waals surface area (Å²) < 4.78 is 16.8. The van der Waals surface area contributed by atoms with Crippen LogP contribution in [-0.4, -0.2) is 31.0 Å². The fourth-order valence-corrected chi connectivity index (χ4v) is 3.07. The van der Waals surface area contributed by atoms with Crippen LogP contribution in [-0.2, 0) is 4.74 Å². The number of aromatic nitrogens is 1. The second-order valence-corrected chi connectivity index (χ2v) is 6.15. The third-order valence-electron chi connectivity index (χ3n) is 4.29. The lowest BCUT2D eigenvalue weighted by atomic mass is 10.1. The van der Waals surface area contributed by atoms with Crippen LogP contribution in [0.5, 0.6) is 11.5 Å². The van der Waals surface area contributed by atoms with E-state index >= 15 is 0 Å². The van der Waals surface area contributed by atoms with Gasteiger partial charge in [0.2, 0.25) is 0 Å². The largest absolute Gasteiger partial charge is 0.494 e. The predicted molar refractivity (Wildman–Crippen MR) is 97.3 cm³/mol. The molecule has 2 aromatic rings. The Hall–Kier alpha value is -2.95. The first-order chi connectivity index (χ1) is 12.1. The zero-order chi connectivity index (χ0) is 17.4. The van der Waals surface area contributed by atoms with Crippen LogP contribution >= 0.6 is 0 Å². The maximum atomic E-state index is 5.67. The zero-order valence-corrected chi connectivity index (χ0v) is 14.6. The first kappa shape index (κ1) is 15.6. The van der Waals surface area contributed by atoms with Gasteiger partial charge in [-0.2, -0.15) is 0 Å². The molecule has 3 heterocycles. The molecule has 0 aliphatic carbocycles. The van der Waals surface area contributed by atoms with Crippen LogP contribution in [0.1, 0.15) is 22.5 Å². The van der Waals surface area contributed by atoms with Gasteiger partial charge in [-0.1, -0.05) is 0 Å². The molecule has 0 atom stereocenters. The molecular formula is C20H20N2O3. The molecule has 1 aromatic carbocycles. The first-order valence-corrected chi connectivity index (χ1v) is 8.27. The first-order valence-electron chi connectivity index (χ1n) is 8.27. The SMILES string of the molecule is COC1=CC(c2ccc3c(c2)OCCO3)=NC1=Cc1[nH]c(C)cc1C. The van der Waals surface area contributed by atoms with Gasteiger partial charge in [0.25, 0.3) is 0 Å². The number of H-pyrrole nitrogens is 1.